The van der Waals surface area contributed by atoms with Gasteiger partial charge in [0.15, 0.2) is 0 Å². The second-order valence-electron chi connectivity index (χ2n) is 6.95. The first-order valence-electron chi connectivity index (χ1n) is 8.00. The second kappa shape index (κ2) is 6.41. The molecule has 0 heterocycles. The van der Waals surface area contributed by atoms with Gasteiger partial charge >= 0.3 is 0 Å². The summed E-state index contributed by atoms with van der Waals surface area (Å²) in [4.78, 5) is 0. The lowest BCUT2D eigenvalue weighted by Gasteiger charge is -2.46. The van der Waals surface area contributed by atoms with Crippen molar-refractivity contribution in [2.45, 2.75) is 59.0 Å². The predicted octanol–water partition coefficient (Wildman–Crippen LogP) is 3.38. The minimum Gasteiger partial charge on any atom is -0.396 e. The Kier molecular flexibility index (Phi) is 5.08. The van der Waals surface area contributed by atoms with E-state index in [1.54, 1.807) is 0 Å². The van der Waals surface area contributed by atoms with E-state index in [9.17, 15) is 5.11 Å². The van der Waals surface area contributed by atoms with E-state index >= 15 is 0 Å². The zero-order valence-electron chi connectivity index (χ0n) is 12.7. The fraction of sp³-hybridized carbons (Fsp3) is 0.882. The molecule has 0 radical (unpaired) electrons. The van der Waals surface area contributed by atoms with Gasteiger partial charge in [-0.05, 0) is 62.2 Å². The molecule has 0 bridgehead atoms. The number of allylic oxidation sites excluding steroid dienone is 2. The molecule has 110 valence electrons. The van der Waals surface area contributed by atoms with Crippen molar-refractivity contribution in [2.75, 3.05) is 6.61 Å². The van der Waals surface area contributed by atoms with Crippen LogP contribution in [0.1, 0.15) is 52.9 Å². The molecule has 6 atom stereocenters. The van der Waals surface area contributed by atoms with Crippen molar-refractivity contribution in [3.63, 3.8) is 0 Å². The van der Waals surface area contributed by atoms with Gasteiger partial charge in [0.2, 0.25) is 0 Å². The largest absolute Gasteiger partial charge is 0.396 e. The maximum Gasteiger partial charge on any atom is 0.0590 e. The highest BCUT2D eigenvalue weighted by atomic mass is 16.3. The van der Waals surface area contributed by atoms with Crippen LogP contribution in [-0.2, 0) is 0 Å². The van der Waals surface area contributed by atoms with Gasteiger partial charge in [-0.25, -0.2) is 0 Å². The molecule has 0 amide bonds. The Balaban J connectivity index is 2.13. The smallest absolute Gasteiger partial charge is 0.0590 e. The number of rotatable bonds is 4. The molecule has 1 fully saturated rings. The highest BCUT2D eigenvalue weighted by molar-refractivity contribution is 5.11. The number of fused-ring (bicyclic) bond motifs is 1. The highest BCUT2D eigenvalue weighted by Gasteiger charge is 2.41. The minimum atomic E-state index is -0.348. The summed E-state index contributed by atoms with van der Waals surface area (Å²) in [5.41, 5.74) is 1.53. The van der Waals surface area contributed by atoms with Gasteiger partial charge in [-0.3, -0.25) is 0 Å². The summed E-state index contributed by atoms with van der Waals surface area (Å²) >= 11 is 0. The summed E-state index contributed by atoms with van der Waals surface area (Å²) in [7, 11) is 0. The molecular formula is C17H30O2. The third-order valence-corrected chi connectivity index (χ3v) is 5.73. The molecule has 0 aromatic rings. The minimum absolute atomic E-state index is 0.0948. The van der Waals surface area contributed by atoms with Crippen LogP contribution in [0.2, 0.25) is 0 Å². The average molecular weight is 266 g/mol. The van der Waals surface area contributed by atoms with E-state index in [4.69, 9.17) is 5.11 Å². The zero-order valence-corrected chi connectivity index (χ0v) is 12.7. The van der Waals surface area contributed by atoms with Crippen molar-refractivity contribution in [1.82, 2.24) is 0 Å². The summed E-state index contributed by atoms with van der Waals surface area (Å²) in [6.07, 6.45) is 7.79. The van der Waals surface area contributed by atoms with Gasteiger partial charge in [-0.15, -0.1) is 0 Å². The van der Waals surface area contributed by atoms with Crippen molar-refractivity contribution >= 4 is 0 Å². The van der Waals surface area contributed by atoms with E-state index in [1.807, 2.05) is 0 Å². The molecule has 2 rings (SSSR count). The summed E-state index contributed by atoms with van der Waals surface area (Å²) in [5, 5.41) is 19.2. The van der Waals surface area contributed by atoms with E-state index in [0.29, 0.717) is 24.2 Å². The van der Waals surface area contributed by atoms with Crippen LogP contribution in [0.15, 0.2) is 11.6 Å². The summed E-state index contributed by atoms with van der Waals surface area (Å²) in [5.74, 6) is 3.19. The number of hydrogen-bond acceptors (Lipinski definition) is 2. The monoisotopic (exact) mass is 266 g/mol. The SMILES string of the molecule is CC1=C[C@H]2[C@@H](CC1)[C@H](C)CC[C@H]2[C@@H](C)[C@H](O)CCO. The van der Waals surface area contributed by atoms with E-state index in [2.05, 4.69) is 26.8 Å². The van der Waals surface area contributed by atoms with Gasteiger partial charge in [0.1, 0.15) is 0 Å². The first kappa shape index (κ1) is 15.1. The van der Waals surface area contributed by atoms with Crippen LogP contribution in [0.3, 0.4) is 0 Å². The molecule has 2 aliphatic carbocycles. The van der Waals surface area contributed by atoms with Gasteiger partial charge in [-0.2, -0.15) is 0 Å². The van der Waals surface area contributed by atoms with Crippen molar-refractivity contribution in [3.8, 4) is 0 Å². The Morgan fingerprint density at radius 3 is 2.74 bits per heavy atom. The van der Waals surface area contributed by atoms with Crippen LogP contribution in [-0.4, -0.2) is 22.9 Å². The maximum atomic E-state index is 10.2. The second-order valence-corrected chi connectivity index (χ2v) is 6.95. The van der Waals surface area contributed by atoms with Crippen molar-refractivity contribution in [1.29, 1.82) is 0 Å². The summed E-state index contributed by atoms with van der Waals surface area (Å²) in [6.45, 7) is 6.92. The summed E-state index contributed by atoms with van der Waals surface area (Å²) < 4.78 is 0. The number of hydrogen-bond donors (Lipinski definition) is 2. The highest BCUT2D eigenvalue weighted by Crippen LogP contribution is 2.48. The molecular weight excluding hydrogens is 236 g/mol. The van der Waals surface area contributed by atoms with Crippen molar-refractivity contribution < 1.29 is 10.2 Å². The molecule has 2 N–H and O–H groups in total. The Morgan fingerprint density at radius 2 is 2.05 bits per heavy atom. The number of aliphatic hydroxyl groups is 2. The van der Waals surface area contributed by atoms with E-state index in [-0.39, 0.29) is 12.7 Å². The standard InChI is InChI=1S/C17H30O2/c1-11-4-6-14-12(2)5-7-15(16(14)10-11)13(3)17(19)8-9-18/h10,12-19H,4-9H2,1-3H3/t12-,13-,14+,15+,16+,17-/m1/s1. The molecule has 0 aliphatic heterocycles. The van der Waals surface area contributed by atoms with Crippen molar-refractivity contribution in [3.05, 3.63) is 11.6 Å². The molecule has 2 aliphatic rings. The molecule has 19 heavy (non-hydrogen) atoms. The van der Waals surface area contributed by atoms with Crippen LogP contribution in [0.25, 0.3) is 0 Å². The molecule has 2 nitrogen and oxygen atoms in total. The maximum absolute atomic E-state index is 10.2. The average Bonchev–Trinajstić information content (AvgIpc) is 2.38. The van der Waals surface area contributed by atoms with Crippen LogP contribution in [0.4, 0.5) is 0 Å². The zero-order chi connectivity index (χ0) is 14.0. The lowest BCUT2D eigenvalue weighted by molar-refractivity contribution is 0.00612. The fourth-order valence-corrected chi connectivity index (χ4v) is 4.38. The Labute approximate surface area is 117 Å². The fourth-order valence-electron chi connectivity index (χ4n) is 4.38. The van der Waals surface area contributed by atoms with Gasteiger partial charge in [0.05, 0.1) is 6.10 Å². The molecule has 1 saturated carbocycles. The molecule has 0 aromatic carbocycles. The lowest BCUT2D eigenvalue weighted by atomic mass is 9.59. The summed E-state index contributed by atoms with van der Waals surface area (Å²) in [6, 6.07) is 0. The van der Waals surface area contributed by atoms with E-state index in [1.165, 1.54) is 31.3 Å². The van der Waals surface area contributed by atoms with Crippen LogP contribution < -0.4 is 0 Å². The third-order valence-electron chi connectivity index (χ3n) is 5.73. The number of aliphatic hydroxyl groups excluding tert-OH is 2. The van der Waals surface area contributed by atoms with Crippen LogP contribution >= 0.6 is 0 Å². The predicted molar refractivity (Wildman–Crippen MR) is 78.7 cm³/mol. The van der Waals surface area contributed by atoms with Gasteiger partial charge in [-0.1, -0.05) is 31.9 Å². The lowest BCUT2D eigenvalue weighted by Crippen LogP contribution is -2.40. The van der Waals surface area contributed by atoms with Gasteiger partial charge in [0, 0.05) is 6.61 Å². The van der Waals surface area contributed by atoms with E-state index in [0.717, 1.165) is 11.8 Å². The first-order valence-corrected chi connectivity index (χ1v) is 8.00. The van der Waals surface area contributed by atoms with Crippen molar-refractivity contribution in [2.24, 2.45) is 29.6 Å². The molecule has 0 saturated heterocycles. The van der Waals surface area contributed by atoms with Crippen LogP contribution in [0, 0.1) is 29.6 Å². The van der Waals surface area contributed by atoms with Gasteiger partial charge < -0.3 is 10.2 Å². The van der Waals surface area contributed by atoms with Crippen LogP contribution in [0.5, 0.6) is 0 Å². The Morgan fingerprint density at radius 1 is 1.32 bits per heavy atom. The quantitative estimate of drug-likeness (QED) is 0.766. The molecule has 0 spiro atoms. The first-order chi connectivity index (χ1) is 9.04. The Hall–Kier alpha value is -0.340. The normalized spacial score (nSPS) is 38.3. The topological polar surface area (TPSA) is 40.5 Å². The Bertz CT molecular complexity index is 323. The molecule has 0 aromatic heterocycles. The molecule has 2 heteroatoms. The van der Waals surface area contributed by atoms with Gasteiger partial charge in [0.25, 0.3) is 0 Å². The molecule has 0 unspecified atom stereocenters. The van der Waals surface area contributed by atoms with E-state index < -0.39 is 0 Å². The third kappa shape index (κ3) is 3.22.